The van der Waals surface area contributed by atoms with Crippen LogP contribution in [0.25, 0.3) is 22.3 Å². The van der Waals surface area contributed by atoms with Crippen molar-refractivity contribution in [3.8, 4) is 22.3 Å². The molecule has 0 heterocycles. The van der Waals surface area contributed by atoms with Crippen molar-refractivity contribution in [2.75, 3.05) is 0 Å². The molecule has 0 aliphatic carbocycles. The molecule has 0 saturated carbocycles. The Hall–Kier alpha value is -2.34. The molecule has 0 atom stereocenters. The maximum absolute atomic E-state index is 3.40. The molecule has 21 heavy (non-hydrogen) atoms. The second-order valence-electron chi connectivity index (χ2n) is 5.60. The van der Waals surface area contributed by atoms with Gasteiger partial charge in [0.2, 0.25) is 0 Å². The van der Waals surface area contributed by atoms with Gasteiger partial charge in [0.25, 0.3) is 0 Å². The predicted molar refractivity (Wildman–Crippen MR) is 90.2 cm³/mol. The van der Waals surface area contributed by atoms with Gasteiger partial charge < -0.3 is 0 Å². The Bertz CT molecular complexity index is 707. The minimum atomic E-state index is 0.562. The Kier molecular flexibility index (Phi) is 3.87. The molecule has 0 aliphatic rings. The van der Waals surface area contributed by atoms with E-state index in [-0.39, 0.29) is 0 Å². The minimum absolute atomic E-state index is 0.562. The van der Waals surface area contributed by atoms with Crippen LogP contribution in [-0.2, 0) is 0 Å². The SMILES string of the molecule is CC(C)c1ccc(-c2[c]cccc2-c2ccccc2)cc1. The molecule has 0 fully saturated rings. The molecule has 0 heteroatoms. The van der Waals surface area contributed by atoms with Crippen molar-refractivity contribution in [1.82, 2.24) is 0 Å². The highest BCUT2D eigenvalue weighted by molar-refractivity contribution is 5.82. The maximum Gasteiger partial charge on any atom is -0.00266 e. The predicted octanol–water partition coefficient (Wildman–Crippen LogP) is 5.94. The molecule has 0 spiro atoms. The molecule has 0 bridgehead atoms. The van der Waals surface area contributed by atoms with E-state index in [4.69, 9.17) is 0 Å². The van der Waals surface area contributed by atoms with Gasteiger partial charge in [0, 0.05) is 0 Å². The van der Waals surface area contributed by atoms with Crippen molar-refractivity contribution in [2.24, 2.45) is 0 Å². The van der Waals surface area contributed by atoms with Crippen LogP contribution in [0.3, 0.4) is 0 Å². The second kappa shape index (κ2) is 5.97. The van der Waals surface area contributed by atoms with Crippen LogP contribution >= 0.6 is 0 Å². The standard InChI is InChI=1S/C21H19/c1-16(2)17-12-14-19(15-13-17)21-11-7-6-10-20(21)18-8-4-3-5-9-18/h3-10,12-16H,1-2H3. The van der Waals surface area contributed by atoms with Crippen molar-refractivity contribution in [3.63, 3.8) is 0 Å². The lowest BCUT2D eigenvalue weighted by atomic mass is 9.93. The van der Waals surface area contributed by atoms with Crippen LogP contribution in [0.1, 0.15) is 25.3 Å². The normalized spacial score (nSPS) is 10.8. The summed E-state index contributed by atoms with van der Waals surface area (Å²) in [6.45, 7) is 4.44. The molecule has 0 aromatic heterocycles. The topological polar surface area (TPSA) is 0 Å². The highest BCUT2D eigenvalue weighted by Gasteiger charge is 2.07. The van der Waals surface area contributed by atoms with Gasteiger partial charge in [-0.3, -0.25) is 0 Å². The van der Waals surface area contributed by atoms with E-state index in [1.807, 2.05) is 18.2 Å². The van der Waals surface area contributed by atoms with E-state index in [9.17, 15) is 0 Å². The lowest BCUT2D eigenvalue weighted by Gasteiger charge is -2.11. The minimum Gasteiger partial charge on any atom is -0.0622 e. The fourth-order valence-corrected chi connectivity index (χ4v) is 2.57. The summed E-state index contributed by atoms with van der Waals surface area (Å²) >= 11 is 0. The van der Waals surface area contributed by atoms with E-state index in [1.165, 1.54) is 27.8 Å². The third-order valence-electron chi connectivity index (χ3n) is 3.81. The van der Waals surface area contributed by atoms with Crippen LogP contribution in [0.15, 0.2) is 72.8 Å². The molecule has 1 radical (unpaired) electrons. The number of hydrogen-bond donors (Lipinski definition) is 0. The van der Waals surface area contributed by atoms with Crippen molar-refractivity contribution >= 4 is 0 Å². The molecule has 0 aliphatic heterocycles. The fraction of sp³-hybridized carbons (Fsp3) is 0.143. The van der Waals surface area contributed by atoms with Gasteiger partial charge in [0.15, 0.2) is 0 Å². The summed E-state index contributed by atoms with van der Waals surface area (Å²) in [4.78, 5) is 0. The van der Waals surface area contributed by atoms with Crippen LogP contribution in [0.4, 0.5) is 0 Å². The Morgan fingerprint density at radius 3 is 2.10 bits per heavy atom. The summed E-state index contributed by atoms with van der Waals surface area (Å²) in [6, 6.07) is 28.9. The zero-order chi connectivity index (χ0) is 14.7. The molecule has 0 amide bonds. The van der Waals surface area contributed by atoms with Gasteiger partial charge in [0.05, 0.1) is 0 Å². The van der Waals surface area contributed by atoms with Gasteiger partial charge in [-0.15, -0.1) is 0 Å². The van der Waals surface area contributed by atoms with Crippen LogP contribution in [0, 0.1) is 6.07 Å². The average Bonchev–Trinajstić information content (AvgIpc) is 2.56. The van der Waals surface area contributed by atoms with E-state index in [0.717, 1.165) is 0 Å². The number of rotatable bonds is 3. The first kappa shape index (κ1) is 13.6. The fourth-order valence-electron chi connectivity index (χ4n) is 2.57. The highest BCUT2D eigenvalue weighted by Crippen LogP contribution is 2.32. The molecule has 3 rings (SSSR count). The first-order valence-electron chi connectivity index (χ1n) is 7.42. The lowest BCUT2D eigenvalue weighted by molar-refractivity contribution is 0.867. The summed E-state index contributed by atoms with van der Waals surface area (Å²) in [5.74, 6) is 0.562. The van der Waals surface area contributed by atoms with Crippen molar-refractivity contribution < 1.29 is 0 Å². The molecular weight excluding hydrogens is 252 g/mol. The molecule has 0 nitrogen and oxygen atoms in total. The Morgan fingerprint density at radius 2 is 1.43 bits per heavy atom. The largest absolute Gasteiger partial charge is 0.0622 e. The zero-order valence-corrected chi connectivity index (χ0v) is 12.5. The van der Waals surface area contributed by atoms with E-state index in [2.05, 4.69) is 74.5 Å². The van der Waals surface area contributed by atoms with E-state index in [1.54, 1.807) is 0 Å². The van der Waals surface area contributed by atoms with Gasteiger partial charge in [0.1, 0.15) is 0 Å². The monoisotopic (exact) mass is 271 g/mol. The van der Waals surface area contributed by atoms with Crippen molar-refractivity contribution in [1.29, 1.82) is 0 Å². The third kappa shape index (κ3) is 2.90. The molecule has 0 unspecified atom stereocenters. The first-order valence-corrected chi connectivity index (χ1v) is 7.42. The average molecular weight is 271 g/mol. The molecule has 0 saturated heterocycles. The lowest BCUT2D eigenvalue weighted by Crippen LogP contribution is -1.88. The molecule has 3 aromatic rings. The van der Waals surface area contributed by atoms with Crippen LogP contribution < -0.4 is 0 Å². The third-order valence-corrected chi connectivity index (χ3v) is 3.81. The van der Waals surface area contributed by atoms with Gasteiger partial charge in [-0.2, -0.15) is 0 Å². The van der Waals surface area contributed by atoms with Crippen LogP contribution in [0.5, 0.6) is 0 Å². The summed E-state index contributed by atoms with van der Waals surface area (Å²) in [6.07, 6.45) is 0. The van der Waals surface area contributed by atoms with Crippen molar-refractivity contribution in [3.05, 3.63) is 84.4 Å². The first-order chi connectivity index (χ1) is 10.3. The Labute approximate surface area is 127 Å². The van der Waals surface area contributed by atoms with E-state index >= 15 is 0 Å². The molecule has 0 N–H and O–H groups in total. The maximum atomic E-state index is 3.40. The van der Waals surface area contributed by atoms with Gasteiger partial charge in [-0.05, 0) is 39.8 Å². The summed E-state index contributed by atoms with van der Waals surface area (Å²) in [5.41, 5.74) is 6.22. The molecular formula is C21H19. The van der Waals surface area contributed by atoms with Crippen molar-refractivity contribution in [2.45, 2.75) is 19.8 Å². The summed E-state index contributed by atoms with van der Waals surface area (Å²) < 4.78 is 0. The number of benzene rings is 3. The molecule has 3 aromatic carbocycles. The second-order valence-corrected chi connectivity index (χ2v) is 5.60. The van der Waals surface area contributed by atoms with E-state index < -0.39 is 0 Å². The smallest absolute Gasteiger partial charge is 0.00266 e. The summed E-state index contributed by atoms with van der Waals surface area (Å²) in [7, 11) is 0. The highest BCUT2D eigenvalue weighted by atomic mass is 14.1. The van der Waals surface area contributed by atoms with Crippen LogP contribution in [-0.4, -0.2) is 0 Å². The summed E-state index contributed by atoms with van der Waals surface area (Å²) in [5, 5.41) is 0. The van der Waals surface area contributed by atoms with Gasteiger partial charge >= 0.3 is 0 Å². The quantitative estimate of drug-likeness (QED) is 0.552. The van der Waals surface area contributed by atoms with Gasteiger partial charge in [-0.1, -0.05) is 86.6 Å². The zero-order valence-electron chi connectivity index (χ0n) is 12.5. The Balaban J connectivity index is 2.07. The van der Waals surface area contributed by atoms with Crippen LogP contribution in [0.2, 0.25) is 0 Å². The number of hydrogen-bond acceptors (Lipinski definition) is 0. The Morgan fingerprint density at radius 1 is 0.714 bits per heavy atom. The van der Waals surface area contributed by atoms with Gasteiger partial charge in [-0.25, -0.2) is 0 Å². The molecule has 103 valence electrons. The van der Waals surface area contributed by atoms with E-state index in [0.29, 0.717) is 5.92 Å².